The van der Waals surface area contributed by atoms with Gasteiger partial charge in [-0.25, -0.2) is 8.42 Å². The third-order valence-corrected chi connectivity index (χ3v) is 7.33. The van der Waals surface area contributed by atoms with Gasteiger partial charge in [0.2, 0.25) is 5.91 Å². The molecule has 1 atom stereocenters. The van der Waals surface area contributed by atoms with E-state index in [1.165, 1.54) is 12.1 Å². The zero-order valence-electron chi connectivity index (χ0n) is 18.5. The van der Waals surface area contributed by atoms with Gasteiger partial charge in [0.25, 0.3) is 10.0 Å². The van der Waals surface area contributed by atoms with Gasteiger partial charge >= 0.3 is 0 Å². The van der Waals surface area contributed by atoms with Crippen molar-refractivity contribution < 1.29 is 22.7 Å². The number of carbonyl (C=O) groups is 1. The summed E-state index contributed by atoms with van der Waals surface area (Å²) in [5.41, 5.74) is 1.09. The molecule has 0 aliphatic carbocycles. The van der Waals surface area contributed by atoms with Gasteiger partial charge in [-0.15, -0.1) is 0 Å². The van der Waals surface area contributed by atoms with E-state index >= 15 is 0 Å². The molecule has 0 bridgehead atoms. The van der Waals surface area contributed by atoms with Crippen molar-refractivity contribution in [1.82, 2.24) is 5.32 Å². The van der Waals surface area contributed by atoms with Gasteiger partial charge in [0.05, 0.1) is 30.8 Å². The van der Waals surface area contributed by atoms with Gasteiger partial charge in [-0.05, 0) is 61.5 Å². The number of nitrogens with one attached hydrogen (secondary N) is 1. The molecule has 3 aromatic rings. The molecule has 3 rings (SSSR count). The fourth-order valence-electron chi connectivity index (χ4n) is 3.32. The van der Waals surface area contributed by atoms with E-state index in [0.29, 0.717) is 22.7 Å². The predicted molar refractivity (Wildman–Crippen MR) is 131 cm³/mol. The van der Waals surface area contributed by atoms with Crippen molar-refractivity contribution in [1.29, 1.82) is 0 Å². The van der Waals surface area contributed by atoms with Crippen molar-refractivity contribution in [3.63, 3.8) is 0 Å². The quantitative estimate of drug-likeness (QED) is 0.437. The minimum absolute atomic E-state index is 0.100. The van der Waals surface area contributed by atoms with Crippen LogP contribution < -0.4 is 19.1 Å². The molecule has 33 heavy (non-hydrogen) atoms. The summed E-state index contributed by atoms with van der Waals surface area (Å²) in [7, 11) is -0.875. The Balaban J connectivity index is 1.89. The van der Waals surface area contributed by atoms with Gasteiger partial charge in [-0.3, -0.25) is 9.10 Å². The van der Waals surface area contributed by atoms with Crippen molar-refractivity contribution in [2.75, 3.05) is 25.1 Å². The Morgan fingerprint density at radius 2 is 1.67 bits per heavy atom. The summed E-state index contributed by atoms with van der Waals surface area (Å²) in [4.78, 5) is 13.1. The van der Waals surface area contributed by atoms with Crippen LogP contribution >= 0.6 is 15.9 Å². The highest BCUT2D eigenvalue weighted by Gasteiger charge is 2.28. The number of amides is 1. The van der Waals surface area contributed by atoms with Gasteiger partial charge in [0, 0.05) is 10.0 Å². The first-order valence-corrected chi connectivity index (χ1v) is 12.3. The molecule has 3 aromatic carbocycles. The van der Waals surface area contributed by atoms with Crippen LogP contribution in [0, 0.1) is 0 Å². The Bertz CT molecular complexity index is 1200. The first kappa shape index (κ1) is 24.6. The summed E-state index contributed by atoms with van der Waals surface area (Å²) in [6.07, 6.45) is 0. The normalized spacial score (nSPS) is 12.0. The average Bonchev–Trinajstić information content (AvgIpc) is 2.83. The van der Waals surface area contributed by atoms with E-state index in [9.17, 15) is 13.2 Å². The van der Waals surface area contributed by atoms with Crippen LogP contribution in [0.3, 0.4) is 0 Å². The summed E-state index contributed by atoms with van der Waals surface area (Å²) in [5.74, 6) is 0.745. The van der Waals surface area contributed by atoms with Crippen LogP contribution in [-0.4, -0.2) is 35.1 Å². The van der Waals surface area contributed by atoms with Crippen molar-refractivity contribution in [2.24, 2.45) is 0 Å². The van der Waals surface area contributed by atoms with E-state index in [1.54, 1.807) is 81.8 Å². The molecular formula is C24H25BrN2O5S. The van der Waals surface area contributed by atoms with E-state index < -0.39 is 28.5 Å². The first-order valence-electron chi connectivity index (χ1n) is 10.1. The topological polar surface area (TPSA) is 84.9 Å². The van der Waals surface area contributed by atoms with Crippen molar-refractivity contribution in [3.8, 4) is 11.5 Å². The maximum absolute atomic E-state index is 13.4. The Kier molecular flexibility index (Phi) is 7.99. The Labute approximate surface area is 202 Å². The predicted octanol–water partition coefficient (Wildman–Crippen LogP) is 4.54. The molecule has 0 unspecified atom stereocenters. The highest BCUT2D eigenvalue weighted by Crippen LogP contribution is 2.30. The van der Waals surface area contributed by atoms with E-state index in [2.05, 4.69) is 21.2 Å². The van der Waals surface area contributed by atoms with Crippen molar-refractivity contribution in [2.45, 2.75) is 17.9 Å². The van der Waals surface area contributed by atoms with Crippen LogP contribution in [-0.2, 0) is 14.8 Å². The number of halogens is 1. The first-order chi connectivity index (χ1) is 15.8. The molecule has 0 saturated carbocycles. The maximum Gasteiger partial charge on any atom is 0.264 e. The highest BCUT2D eigenvalue weighted by atomic mass is 79.9. The Hall–Kier alpha value is -3.04. The number of hydrogen-bond acceptors (Lipinski definition) is 5. The highest BCUT2D eigenvalue weighted by molar-refractivity contribution is 9.10. The van der Waals surface area contributed by atoms with Crippen LogP contribution in [0.1, 0.15) is 18.5 Å². The second-order valence-electron chi connectivity index (χ2n) is 7.20. The number of benzene rings is 3. The van der Waals surface area contributed by atoms with Gasteiger partial charge in [0.1, 0.15) is 18.0 Å². The third-order valence-electron chi connectivity index (χ3n) is 5.01. The van der Waals surface area contributed by atoms with Gasteiger partial charge in [-0.2, -0.15) is 0 Å². The SMILES string of the molecule is COc1ccc(OC)c([C@H](C)NC(=O)CN(c2ccc(Br)cc2)S(=O)(=O)c2ccccc2)c1. The molecule has 7 nitrogen and oxygen atoms in total. The fourth-order valence-corrected chi connectivity index (χ4v) is 5.02. The number of anilines is 1. The maximum atomic E-state index is 13.4. The summed E-state index contributed by atoms with van der Waals surface area (Å²) >= 11 is 3.36. The number of hydrogen-bond donors (Lipinski definition) is 1. The molecule has 0 radical (unpaired) electrons. The smallest absolute Gasteiger partial charge is 0.264 e. The van der Waals surface area contributed by atoms with E-state index in [-0.39, 0.29) is 4.90 Å². The lowest BCUT2D eigenvalue weighted by Crippen LogP contribution is -2.41. The third kappa shape index (κ3) is 5.85. The fraction of sp³-hybridized carbons (Fsp3) is 0.208. The number of nitrogens with zero attached hydrogens (tertiary/aromatic N) is 1. The molecule has 0 spiro atoms. The van der Waals surface area contributed by atoms with Gasteiger partial charge < -0.3 is 14.8 Å². The average molecular weight is 533 g/mol. The minimum atomic E-state index is -3.97. The zero-order chi connectivity index (χ0) is 24.0. The lowest BCUT2D eigenvalue weighted by atomic mass is 10.1. The van der Waals surface area contributed by atoms with Crippen molar-refractivity contribution >= 4 is 37.5 Å². The summed E-state index contributed by atoms with van der Waals surface area (Å²) < 4.78 is 39.4. The molecule has 0 aliphatic rings. The standard InChI is InChI=1S/C24H25BrN2O5S/c1-17(22-15-20(31-2)13-14-23(22)32-3)26-24(28)16-27(19-11-9-18(25)10-12-19)33(29,30)21-7-5-4-6-8-21/h4-15,17H,16H2,1-3H3,(H,26,28)/t17-/m0/s1. The Morgan fingerprint density at radius 3 is 2.27 bits per heavy atom. The molecule has 9 heteroatoms. The van der Waals surface area contributed by atoms with Gasteiger partial charge in [-0.1, -0.05) is 34.1 Å². The lowest BCUT2D eigenvalue weighted by Gasteiger charge is -2.25. The largest absolute Gasteiger partial charge is 0.497 e. The molecule has 0 aliphatic heterocycles. The minimum Gasteiger partial charge on any atom is -0.497 e. The Morgan fingerprint density at radius 1 is 1.00 bits per heavy atom. The number of rotatable bonds is 9. The van der Waals surface area contributed by atoms with Crippen LogP contribution in [0.2, 0.25) is 0 Å². The van der Waals surface area contributed by atoms with Crippen LogP contribution in [0.4, 0.5) is 5.69 Å². The zero-order valence-corrected chi connectivity index (χ0v) is 20.9. The van der Waals surface area contributed by atoms with Crippen LogP contribution in [0.15, 0.2) is 82.2 Å². The summed E-state index contributed by atoms with van der Waals surface area (Å²) in [6, 6.07) is 19.6. The van der Waals surface area contributed by atoms with E-state index in [1.807, 2.05) is 0 Å². The van der Waals surface area contributed by atoms with Crippen molar-refractivity contribution in [3.05, 3.63) is 82.8 Å². The summed E-state index contributed by atoms with van der Waals surface area (Å²) in [6.45, 7) is 1.40. The second-order valence-corrected chi connectivity index (χ2v) is 9.98. The van der Waals surface area contributed by atoms with Crippen LogP contribution in [0.25, 0.3) is 0 Å². The number of methoxy groups -OCH3 is 2. The lowest BCUT2D eigenvalue weighted by molar-refractivity contribution is -0.120. The number of sulfonamides is 1. The van der Waals surface area contributed by atoms with Crippen LogP contribution in [0.5, 0.6) is 11.5 Å². The monoisotopic (exact) mass is 532 g/mol. The van der Waals surface area contributed by atoms with E-state index in [0.717, 1.165) is 8.78 Å². The van der Waals surface area contributed by atoms with Gasteiger partial charge in [0.15, 0.2) is 0 Å². The molecule has 0 saturated heterocycles. The molecule has 1 amide bonds. The molecule has 0 aromatic heterocycles. The number of carbonyl (C=O) groups excluding carboxylic acids is 1. The molecule has 174 valence electrons. The molecule has 0 fully saturated rings. The summed E-state index contributed by atoms with van der Waals surface area (Å²) in [5, 5.41) is 2.87. The molecule has 1 N–H and O–H groups in total. The second kappa shape index (κ2) is 10.7. The molecular weight excluding hydrogens is 508 g/mol. The number of ether oxygens (including phenoxy) is 2. The van der Waals surface area contributed by atoms with E-state index in [4.69, 9.17) is 9.47 Å². The molecule has 0 heterocycles.